The van der Waals surface area contributed by atoms with Crippen LogP contribution in [-0.2, 0) is 49.1 Å². The Morgan fingerprint density at radius 3 is 1.57 bits per heavy atom. The molecule has 2 aromatic heterocycles. The van der Waals surface area contributed by atoms with Crippen LogP contribution in [0.4, 0.5) is 5.69 Å². The Morgan fingerprint density at radius 1 is 0.657 bits per heavy atom. The lowest BCUT2D eigenvalue weighted by Crippen LogP contribution is -2.28. The largest absolute Gasteiger partial charge is 0.488 e. The fraction of sp³-hybridized carbons (Fsp3) is 0.269. The van der Waals surface area contributed by atoms with E-state index in [1.165, 1.54) is 12.4 Å². The van der Waals surface area contributed by atoms with Crippen molar-refractivity contribution in [2.45, 2.75) is 78.4 Å². The van der Waals surface area contributed by atoms with Crippen LogP contribution in [-0.4, -0.2) is 67.6 Å². The highest BCUT2D eigenvalue weighted by atomic mass is 79.9. The first-order valence-electron chi connectivity index (χ1n) is 21.9. The first kappa shape index (κ1) is 52.5. The molecule has 6 aromatic rings. The van der Waals surface area contributed by atoms with Crippen molar-refractivity contribution in [2.24, 2.45) is 0 Å². The third kappa shape index (κ3) is 15.0. The minimum absolute atomic E-state index is 0.0522. The third-order valence-electron chi connectivity index (χ3n) is 11.0. The number of pyridine rings is 2. The zero-order valence-electron chi connectivity index (χ0n) is 38.2. The monoisotopic (exact) mass is 1080 g/mol. The molecule has 6 rings (SSSR count). The standard InChI is InChI=1S/C52H50Br2N6O10/c1-31-36(29-69-49-16-47(67-27-34-10-33(18-55)19-57-20-34)38(12-45(49)53)22-59-25-41(61)14-51(63)64)6-4-8-43(31)44-9-5-7-37(32(44)2)30-70-50-17-48(68-28-35-11-40(56-3)24-58-21-35)39(13-46(50)54)23-60-26-42(62)15-52(65)66/h4-13,16-17,19-21,24,41-42,59-62H,14-15,22-23,25-30H2,1-2H3,(H,63,64)(H,65,66)/t41-,42-/m0/s1. The SMILES string of the molecule is [C-]#[N+]c1cncc(COc2cc(OCc3cccc(-c4cccc(COc5cc(OCc6cncc(C#N)c6)c(CNC[C@@H](O)CC(=O)O)cc5Br)c4C)c3C)c(Br)cc2CNC[C@@H](O)CC(=O)O)c1. The summed E-state index contributed by atoms with van der Waals surface area (Å²) in [7, 11) is 0. The van der Waals surface area contributed by atoms with Crippen LogP contribution < -0.4 is 29.6 Å². The molecule has 0 amide bonds. The van der Waals surface area contributed by atoms with E-state index in [-0.39, 0.29) is 59.0 Å². The van der Waals surface area contributed by atoms with Gasteiger partial charge in [-0.25, -0.2) is 4.85 Å². The number of aliphatic carboxylic acids is 2. The van der Waals surface area contributed by atoms with Crippen molar-refractivity contribution in [3.63, 3.8) is 0 Å². The molecule has 362 valence electrons. The van der Waals surface area contributed by atoms with Crippen LogP contribution in [0.15, 0.2) is 107 Å². The Morgan fingerprint density at radius 2 is 1.11 bits per heavy atom. The van der Waals surface area contributed by atoms with E-state index in [9.17, 15) is 25.1 Å². The topological polar surface area (TPSA) is 230 Å². The van der Waals surface area contributed by atoms with Gasteiger partial charge in [0.2, 0.25) is 5.69 Å². The normalized spacial score (nSPS) is 11.8. The first-order chi connectivity index (χ1) is 33.7. The van der Waals surface area contributed by atoms with Crippen molar-refractivity contribution in [2.75, 3.05) is 13.1 Å². The van der Waals surface area contributed by atoms with Crippen molar-refractivity contribution in [1.29, 1.82) is 5.26 Å². The van der Waals surface area contributed by atoms with Gasteiger partial charge in [-0.2, -0.15) is 5.26 Å². The summed E-state index contributed by atoms with van der Waals surface area (Å²) in [6.45, 7) is 12.8. The smallest absolute Gasteiger partial charge is 0.306 e. The summed E-state index contributed by atoms with van der Waals surface area (Å²) in [6.07, 6.45) is 3.26. The summed E-state index contributed by atoms with van der Waals surface area (Å²) in [5.41, 5.74) is 9.59. The van der Waals surface area contributed by atoms with Gasteiger partial charge in [-0.1, -0.05) is 36.4 Å². The second kappa shape index (κ2) is 25.6. The predicted octanol–water partition coefficient (Wildman–Crippen LogP) is 8.87. The number of hydrogen-bond donors (Lipinski definition) is 6. The fourth-order valence-electron chi connectivity index (χ4n) is 7.35. The molecule has 0 unspecified atom stereocenters. The molecule has 6 N–H and O–H groups in total. The number of aliphatic hydroxyl groups is 2. The summed E-state index contributed by atoms with van der Waals surface area (Å²) >= 11 is 7.31. The summed E-state index contributed by atoms with van der Waals surface area (Å²) < 4.78 is 26.7. The molecule has 0 aliphatic heterocycles. The molecule has 2 heterocycles. The van der Waals surface area contributed by atoms with Gasteiger partial charge in [0.25, 0.3) is 0 Å². The van der Waals surface area contributed by atoms with Gasteiger partial charge in [0.05, 0.1) is 46.1 Å². The number of rotatable bonds is 25. The molecule has 0 bridgehead atoms. The van der Waals surface area contributed by atoms with Gasteiger partial charge in [-0.3, -0.25) is 19.6 Å². The summed E-state index contributed by atoms with van der Waals surface area (Å²) in [5, 5.41) is 53.9. The molecule has 0 spiro atoms. The molecular weight excluding hydrogens is 1030 g/mol. The lowest BCUT2D eigenvalue weighted by Gasteiger charge is -2.19. The van der Waals surface area contributed by atoms with E-state index in [0.717, 1.165) is 44.5 Å². The number of carboxylic acid groups (broad SMARTS) is 2. The summed E-state index contributed by atoms with van der Waals surface area (Å²) in [5.74, 6) is -0.196. The maximum absolute atomic E-state index is 11.1. The third-order valence-corrected chi connectivity index (χ3v) is 12.3. The molecule has 18 heteroatoms. The average Bonchev–Trinajstić information content (AvgIpc) is 3.33. The molecule has 0 radical (unpaired) electrons. The molecule has 70 heavy (non-hydrogen) atoms. The number of nitrogens with zero attached hydrogens (tertiary/aromatic N) is 4. The zero-order valence-corrected chi connectivity index (χ0v) is 41.4. The highest BCUT2D eigenvalue weighted by Crippen LogP contribution is 2.38. The molecule has 4 aromatic carbocycles. The molecular formula is C52H50Br2N6O10. The van der Waals surface area contributed by atoms with E-state index in [1.54, 1.807) is 36.7 Å². The summed E-state index contributed by atoms with van der Waals surface area (Å²) in [6, 6.07) is 24.8. The number of nitriles is 1. The van der Waals surface area contributed by atoms with Gasteiger partial charge in [0.15, 0.2) is 0 Å². The predicted molar refractivity (Wildman–Crippen MR) is 266 cm³/mol. The van der Waals surface area contributed by atoms with E-state index in [4.69, 9.17) is 35.7 Å². The van der Waals surface area contributed by atoms with Crippen LogP contribution in [0.25, 0.3) is 16.0 Å². The number of carbonyl (C=O) groups is 2. The number of aliphatic hydroxyl groups excluding tert-OH is 2. The Balaban J connectivity index is 1.18. The van der Waals surface area contributed by atoms with Crippen LogP contribution in [0.2, 0.25) is 0 Å². The van der Waals surface area contributed by atoms with Crippen LogP contribution in [0.1, 0.15) is 62.9 Å². The second-order valence-corrected chi connectivity index (χ2v) is 17.9. The number of ether oxygens (including phenoxy) is 4. The van der Waals surface area contributed by atoms with Crippen LogP contribution >= 0.6 is 31.9 Å². The van der Waals surface area contributed by atoms with E-state index in [1.807, 2.05) is 50.2 Å². The van der Waals surface area contributed by atoms with Gasteiger partial charge in [0, 0.05) is 79.8 Å². The molecule has 0 saturated carbocycles. The lowest BCUT2D eigenvalue weighted by molar-refractivity contribution is -0.140. The molecule has 0 aliphatic carbocycles. The number of hydrogen-bond acceptors (Lipinski definition) is 13. The Labute approximate surface area is 422 Å². The van der Waals surface area contributed by atoms with Gasteiger partial charge in [-0.15, -0.1) is 0 Å². The van der Waals surface area contributed by atoms with E-state index < -0.39 is 30.6 Å². The van der Waals surface area contributed by atoms with Crippen molar-refractivity contribution in [3.05, 3.63) is 168 Å². The van der Waals surface area contributed by atoms with Gasteiger partial charge < -0.3 is 50.0 Å². The zero-order chi connectivity index (χ0) is 50.2. The second-order valence-electron chi connectivity index (χ2n) is 16.2. The Hall–Kier alpha value is -6.90. The maximum Gasteiger partial charge on any atom is 0.306 e. The van der Waals surface area contributed by atoms with Gasteiger partial charge in [0.1, 0.15) is 55.5 Å². The van der Waals surface area contributed by atoms with E-state index in [0.29, 0.717) is 54.3 Å². The highest BCUT2D eigenvalue weighted by molar-refractivity contribution is 9.11. The fourth-order valence-corrected chi connectivity index (χ4v) is 8.36. The Kier molecular flexibility index (Phi) is 19.2. The Bertz CT molecular complexity index is 2710. The number of halogens is 2. The van der Waals surface area contributed by atoms with Crippen molar-refractivity contribution in [1.82, 2.24) is 20.6 Å². The quantitative estimate of drug-likeness (QED) is 0.0294. The first-order valence-corrected chi connectivity index (χ1v) is 23.5. The highest BCUT2D eigenvalue weighted by Gasteiger charge is 2.18. The summed E-state index contributed by atoms with van der Waals surface area (Å²) in [4.78, 5) is 33.9. The van der Waals surface area contributed by atoms with Gasteiger partial charge >= 0.3 is 11.9 Å². The van der Waals surface area contributed by atoms with E-state index in [2.05, 4.69) is 75.5 Å². The molecule has 0 fully saturated rings. The lowest BCUT2D eigenvalue weighted by atomic mass is 9.92. The van der Waals surface area contributed by atoms with Crippen molar-refractivity contribution < 1.29 is 49.0 Å². The average molecular weight is 1080 g/mol. The number of benzene rings is 4. The number of carboxylic acids is 2. The van der Waals surface area contributed by atoms with Crippen molar-refractivity contribution >= 4 is 49.5 Å². The minimum Gasteiger partial charge on any atom is -0.488 e. The van der Waals surface area contributed by atoms with Crippen LogP contribution in [0.5, 0.6) is 23.0 Å². The molecule has 2 atom stereocenters. The molecule has 0 aliphatic rings. The molecule has 16 nitrogen and oxygen atoms in total. The number of aromatic nitrogens is 2. The molecule has 0 saturated heterocycles. The minimum atomic E-state index is -1.10. The van der Waals surface area contributed by atoms with Crippen LogP contribution in [0, 0.1) is 31.8 Å². The van der Waals surface area contributed by atoms with E-state index >= 15 is 0 Å². The van der Waals surface area contributed by atoms with Crippen molar-refractivity contribution in [3.8, 4) is 40.2 Å². The van der Waals surface area contributed by atoms with Gasteiger partial charge in [-0.05, 0) is 109 Å². The van der Waals surface area contributed by atoms with Crippen LogP contribution in [0.3, 0.4) is 0 Å². The number of nitrogens with one attached hydrogen (secondary N) is 2. The maximum atomic E-state index is 11.1.